The SMILES string of the molecule is COc1ccc(C)cc1C(NN)c1ccc(Cl)s1. The Bertz CT molecular complexity index is 542. The number of thiophene rings is 1. The zero-order chi connectivity index (χ0) is 13.1. The minimum absolute atomic E-state index is 0.114. The fourth-order valence-corrected chi connectivity index (χ4v) is 3.03. The van der Waals surface area contributed by atoms with Crippen molar-refractivity contribution in [1.82, 2.24) is 5.43 Å². The molecule has 0 aliphatic heterocycles. The number of nitrogens with two attached hydrogens (primary N) is 1. The fraction of sp³-hybridized carbons (Fsp3) is 0.231. The molecule has 0 fully saturated rings. The molecule has 3 N–H and O–H groups in total. The van der Waals surface area contributed by atoms with Crippen LogP contribution in [0, 0.1) is 6.92 Å². The molecule has 0 aliphatic carbocycles. The summed E-state index contributed by atoms with van der Waals surface area (Å²) in [5, 5.41) is 0. The van der Waals surface area contributed by atoms with Crippen molar-refractivity contribution in [3.63, 3.8) is 0 Å². The van der Waals surface area contributed by atoms with Gasteiger partial charge in [-0.25, -0.2) is 5.43 Å². The Labute approximate surface area is 116 Å². The predicted octanol–water partition coefficient (Wildman–Crippen LogP) is 3.27. The van der Waals surface area contributed by atoms with E-state index in [1.54, 1.807) is 7.11 Å². The molecule has 0 saturated carbocycles. The number of methoxy groups -OCH3 is 1. The van der Waals surface area contributed by atoms with Crippen LogP contribution in [0.15, 0.2) is 30.3 Å². The van der Waals surface area contributed by atoms with Gasteiger partial charge in [-0.2, -0.15) is 0 Å². The molecule has 5 heteroatoms. The number of nitrogens with one attached hydrogen (secondary N) is 1. The van der Waals surface area contributed by atoms with E-state index in [4.69, 9.17) is 22.2 Å². The van der Waals surface area contributed by atoms with Crippen molar-refractivity contribution in [3.8, 4) is 5.75 Å². The highest BCUT2D eigenvalue weighted by molar-refractivity contribution is 7.16. The number of halogens is 1. The largest absolute Gasteiger partial charge is 0.496 e. The molecule has 2 rings (SSSR count). The maximum Gasteiger partial charge on any atom is 0.124 e. The molecule has 18 heavy (non-hydrogen) atoms. The zero-order valence-electron chi connectivity index (χ0n) is 10.2. The van der Waals surface area contributed by atoms with Gasteiger partial charge in [0.05, 0.1) is 17.5 Å². The average Bonchev–Trinajstić information content (AvgIpc) is 2.77. The maximum atomic E-state index is 5.97. The van der Waals surface area contributed by atoms with E-state index in [-0.39, 0.29) is 6.04 Å². The van der Waals surface area contributed by atoms with Crippen LogP contribution >= 0.6 is 22.9 Å². The fourth-order valence-electron chi connectivity index (χ4n) is 1.89. The highest BCUT2D eigenvalue weighted by Crippen LogP contribution is 2.35. The second kappa shape index (κ2) is 5.71. The first-order valence-electron chi connectivity index (χ1n) is 5.51. The van der Waals surface area contributed by atoms with Gasteiger partial charge in [0.2, 0.25) is 0 Å². The first-order chi connectivity index (χ1) is 8.65. The number of hydrogen-bond acceptors (Lipinski definition) is 4. The molecule has 3 nitrogen and oxygen atoms in total. The van der Waals surface area contributed by atoms with Gasteiger partial charge in [-0.1, -0.05) is 29.3 Å². The molecule has 1 heterocycles. The Kier molecular flexibility index (Phi) is 4.24. The molecule has 0 bridgehead atoms. The van der Waals surface area contributed by atoms with Crippen molar-refractivity contribution in [3.05, 3.63) is 50.7 Å². The topological polar surface area (TPSA) is 47.3 Å². The van der Waals surface area contributed by atoms with Crippen molar-refractivity contribution < 1.29 is 4.74 Å². The lowest BCUT2D eigenvalue weighted by Gasteiger charge is -2.18. The summed E-state index contributed by atoms with van der Waals surface area (Å²) in [6, 6.07) is 9.75. The van der Waals surface area contributed by atoms with Crippen LogP contribution in [0.2, 0.25) is 4.34 Å². The van der Waals surface area contributed by atoms with E-state index in [1.165, 1.54) is 11.3 Å². The number of aryl methyl sites for hydroxylation is 1. The summed E-state index contributed by atoms with van der Waals surface area (Å²) in [5.74, 6) is 6.49. The Morgan fingerprint density at radius 3 is 2.67 bits per heavy atom. The third-order valence-electron chi connectivity index (χ3n) is 2.74. The van der Waals surface area contributed by atoms with Crippen LogP contribution in [0.5, 0.6) is 5.75 Å². The molecule has 2 aromatic rings. The van der Waals surface area contributed by atoms with Gasteiger partial charge < -0.3 is 4.74 Å². The maximum absolute atomic E-state index is 5.97. The molecule has 0 saturated heterocycles. The summed E-state index contributed by atoms with van der Waals surface area (Å²) >= 11 is 7.48. The Morgan fingerprint density at radius 1 is 1.33 bits per heavy atom. The molecular formula is C13H15ClN2OS. The lowest BCUT2D eigenvalue weighted by atomic mass is 10.0. The van der Waals surface area contributed by atoms with Crippen molar-refractivity contribution in [2.24, 2.45) is 5.84 Å². The third kappa shape index (κ3) is 2.67. The van der Waals surface area contributed by atoms with Crippen LogP contribution in [-0.4, -0.2) is 7.11 Å². The minimum atomic E-state index is -0.114. The first-order valence-corrected chi connectivity index (χ1v) is 6.71. The summed E-state index contributed by atoms with van der Waals surface area (Å²) in [6.07, 6.45) is 0. The molecule has 1 aromatic heterocycles. The number of benzene rings is 1. The molecule has 1 atom stereocenters. The van der Waals surface area contributed by atoms with E-state index < -0.39 is 0 Å². The van der Waals surface area contributed by atoms with Crippen LogP contribution in [0.3, 0.4) is 0 Å². The molecular weight excluding hydrogens is 268 g/mol. The van der Waals surface area contributed by atoms with Gasteiger partial charge in [0, 0.05) is 10.4 Å². The van der Waals surface area contributed by atoms with Gasteiger partial charge in [0.15, 0.2) is 0 Å². The van der Waals surface area contributed by atoms with Crippen molar-refractivity contribution in [1.29, 1.82) is 0 Å². The normalized spacial score (nSPS) is 12.4. The van der Waals surface area contributed by atoms with Gasteiger partial charge in [-0.15, -0.1) is 11.3 Å². The quantitative estimate of drug-likeness (QED) is 0.668. The van der Waals surface area contributed by atoms with Gasteiger partial charge in [-0.05, 0) is 25.1 Å². The van der Waals surface area contributed by atoms with E-state index in [9.17, 15) is 0 Å². The number of hydrazine groups is 1. The summed E-state index contributed by atoms with van der Waals surface area (Å²) in [5.41, 5.74) is 5.00. The molecule has 0 radical (unpaired) electrons. The third-order valence-corrected chi connectivity index (χ3v) is 4.04. The van der Waals surface area contributed by atoms with E-state index in [1.807, 2.05) is 31.2 Å². The molecule has 96 valence electrons. The minimum Gasteiger partial charge on any atom is -0.496 e. The molecule has 0 amide bonds. The number of ether oxygens (including phenoxy) is 1. The monoisotopic (exact) mass is 282 g/mol. The van der Waals surface area contributed by atoms with Gasteiger partial charge in [0.1, 0.15) is 5.75 Å². The zero-order valence-corrected chi connectivity index (χ0v) is 11.8. The average molecular weight is 283 g/mol. The van der Waals surface area contributed by atoms with E-state index in [0.717, 1.165) is 26.1 Å². The van der Waals surface area contributed by atoms with Gasteiger partial charge in [-0.3, -0.25) is 5.84 Å². The molecule has 1 aromatic carbocycles. The van der Waals surface area contributed by atoms with Crippen LogP contribution in [-0.2, 0) is 0 Å². The lowest BCUT2D eigenvalue weighted by molar-refractivity contribution is 0.404. The van der Waals surface area contributed by atoms with Crippen LogP contribution in [0.1, 0.15) is 22.0 Å². The molecule has 1 unspecified atom stereocenters. The summed E-state index contributed by atoms with van der Waals surface area (Å²) in [4.78, 5) is 1.06. The van der Waals surface area contributed by atoms with E-state index in [0.29, 0.717) is 0 Å². The number of hydrogen-bond donors (Lipinski definition) is 2. The standard InChI is InChI=1S/C13H15ClN2OS/c1-8-3-4-10(17-2)9(7-8)13(16-15)11-5-6-12(14)18-11/h3-7,13,16H,15H2,1-2H3. The van der Waals surface area contributed by atoms with Crippen molar-refractivity contribution in [2.45, 2.75) is 13.0 Å². The molecule has 0 spiro atoms. The highest BCUT2D eigenvalue weighted by atomic mass is 35.5. The Hall–Kier alpha value is -1.07. The van der Waals surface area contributed by atoms with Crippen molar-refractivity contribution in [2.75, 3.05) is 7.11 Å². The second-order valence-electron chi connectivity index (χ2n) is 3.99. The summed E-state index contributed by atoms with van der Waals surface area (Å²) in [7, 11) is 1.66. The number of rotatable bonds is 4. The predicted molar refractivity (Wildman–Crippen MR) is 76.2 cm³/mol. The summed E-state index contributed by atoms with van der Waals surface area (Å²) in [6.45, 7) is 2.04. The van der Waals surface area contributed by atoms with E-state index in [2.05, 4.69) is 11.5 Å². The van der Waals surface area contributed by atoms with Crippen LogP contribution < -0.4 is 16.0 Å². The first kappa shape index (κ1) is 13.4. The van der Waals surface area contributed by atoms with Gasteiger partial charge in [0.25, 0.3) is 0 Å². The van der Waals surface area contributed by atoms with Gasteiger partial charge >= 0.3 is 0 Å². The summed E-state index contributed by atoms with van der Waals surface area (Å²) < 4.78 is 6.13. The smallest absolute Gasteiger partial charge is 0.124 e. The van der Waals surface area contributed by atoms with Crippen LogP contribution in [0.4, 0.5) is 0 Å². The van der Waals surface area contributed by atoms with E-state index >= 15 is 0 Å². The Balaban J connectivity index is 2.47. The second-order valence-corrected chi connectivity index (χ2v) is 5.73. The van der Waals surface area contributed by atoms with Crippen LogP contribution in [0.25, 0.3) is 0 Å². The van der Waals surface area contributed by atoms with Crippen molar-refractivity contribution >= 4 is 22.9 Å². The Morgan fingerprint density at radius 2 is 2.11 bits per heavy atom. The highest BCUT2D eigenvalue weighted by Gasteiger charge is 2.18. The lowest BCUT2D eigenvalue weighted by Crippen LogP contribution is -2.28. The molecule has 0 aliphatic rings.